The Hall–Kier alpha value is -2.56. The summed E-state index contributed by atoms with van der Waals surface area (Å²) in [4.78, 5) is 29.9. The van der Waals surface area contributed by atoms with Gasteiger partial charge in [0.25, 0.3) is 5.91 Å². The van der Waals surface area contributed by atoms with Gasteiger partial charge in [-0.3, -0.25) is 9.69 Å². The van der Waals surface area contributed by atoms with E-state index in [1.54, 1.807) is 11.0 Å². The number of carbonyl (C=O) groups is 2. The molecular weight excluding hydrogens is 350 g/mol. The molecule has 0 radical (unpaired) electrons. The van der Waals surface area contributed by atoms with Crippen LogP contribution in [-0.4, -0.2) is 40.9 Å². The highest BCUT2D eigenvalue weighted by molar-refractivity contribution is 6.01. The topological polar surface area (TPSA) is 52.7 Å². The summed E-state index contributed by atoms with van der Waals surface area (Å²) in [6.07, 6.45) is 1.70. The van der Waals surface area contributed by atoms with Gasteiger partial charge in [-0.05, 0) is 55.9 Å². The van der Waals surface area contributed by atoms with Crippen LogP contribution < -0.4 is 5.32 Å². The molecule has 150 valence electrons. The van der Waals surface area contributed by atoms with Crippen molar-refractivity contribution in [2.24, 2.45) is 5.92 Å². The zero-order chi connectivity index (χ0) is 20.7. The number of rotatable bonds is 5. The van der Waals surface area contributed by atoms with Crippen molar-refractivity contribution in [2.75, 3.05) is 13.1 Å². The highest BCUT2D eigenvalue weighted by Gasteiger charge is 2.45. The van der Waals surface area contributed by atoms with Crippen molar-refractivity contribution in [3.8, 4) is 0 Å². The molecule has 2 aliphatic rings. The minimum atomic E-state index is -0.417. The maximum Gasteiger partial charge on any atom is 0.322 e. The van der Waals surface area contributed by atoms with Crippen LogP contribution in [-0.2, 0) is 4.79 Å². The molecule has 1 N–H and O–H groups in total. The number of carbonyl (C=O) groups excluding carboxylic acids is 2. The maximum atomic E-state index is 13.5. The van der Waals surface area contributed by atoms with E-state index in [2.05, 4.69) is 58.6 Å². The normalized spacial score (nSPS) is 20.6. The lowest BCUT2D eigenvalue weighted by molar-refractivity contribution is -0.128. The van der Waals surface area contributed by atoms with Gasteiger partial charge in [-0.15, -0.1) is 6.58 Å². The summed E-state index contributed by atoms with van der Waals surface area (Å²) in [6.45, 7) is 17.1. The van der Waals surface area contributed by atoms with Gasteiger partial charge in [0.15, 0.2) is 0 Å². The van der Waals surface area contributed by atoms with Gasteiger partial charge in [0.05, 0.1) is 23.9 Å². The minimum absolute atomic E-state index is 0.0212. The Labute approximate surface area is 168 Å². The van der Waals surface area contributed by atoms with Gasteiger partial charge in [0.1, 0.15) is 0 Å². The zero-order valence-electron chi connectivity index (χ0n) is 17.8. The van der Waals surface area contributed by atoms with Gasteiger partial charge in [-0.25, -0.2) is 4.79 Å². The van der Waals surface area contributed by atoms with E-state index >= 15 is 0 Å². The van der Waals surface area contributed by atoms with Gasteiger partial charge in [-0.1, -0.05) is 32.1 Å². The van der Waals surface area contributed by atoms with E-state index in [-0.39, 0.29) is 18.0 Å². The summed E-state index contributed by atoms with van der Waals surface area (Å²) in [5, 5.41) is 3.08. The monoisotopic (exact) mass is 381 g/mol. The summed E-state index contributed by atoms with van der Waals surface area (Å²) in [5.74, 6) is 0.358. The van der Waals surface area contributed by atoms with Crippen molar-refractivity contribution < 1.29 is 9.59 Å². The Morgan fingerprint density at radius 2 is 1.79 bits per heavy atom. The number of hydrogen-bond donors (Lipinski definition) is 1. The first kappa shape index (κ1) is 20.2. The number of nitrogens with one attached hydrogen (secondary N) is 1. The second-order valence-corrected chi connectivity index (χ2v) is 8.35. The second kappa shape index (κ2) is 7.46. The Morgan fingerprint density at radius 3 is 2.39 bits per heavy atom. The van der Waals surface area contributed by atoms with Gasteiger partial charge in [0.2, 0.25) is 0 Å². The fourth-order valence-electron chi connectivity index (χ4n) is 4.05. The lowest BCUT2D eigenvalue weighted by Gasteiger charge is -2.33. The molecule has 2 heterocycles. The third-order valence-corrected chi connectivity index (χ3v) is 6.21. The largest absolute Gasteiger partial charge is 0.330 e. The maximum absolute atomic E-state index is 13.5. The first-order valence-corrected chi connectivity index (χ1v) is 9.98. The van der Waals surface area contributed by atoms with Crippen molar-refractivity contribution in [1.29, 1.82) is 0 Å². The molecule has 28 heavy (non-hydrogen) atoms. The number of aryl methyl sites for hydroxylation is 3. The average molecular weight is 382 g/mol. The first-order valence-electron chi connectivity index (χ1n) is 9.98. The molecule has 0 aliphatic carbocycles. The van der Waals surface area contributed by atoms with Crippen molar-refractivity contribution in [3.63, 3.8) is 0 Å². The molecule has 0 unspecified atom stereocenters. The predicted octanol–water partition coefficient (Wildman–Crippen LogP) is 4.00. The average Bonchev–Trinajstić information content (AvgIpc) is 2.97. The van der Waals surface area contributed by atoms with Crippen LogP contribution in [0.5, 0.6) is 0 Å². The molecule has 0 bridgehead atoms. The van der Waals surface area contributed by atoms with Crippen LogP contribution >= 0.6 is 0 Å². The van der Waals surface area contributed by atoms with Crippen molar-refractivity contribution >= 4 is 11.9 Å². The zero-order valence-corrected chi connectivity index (χ0v) is 17.8. The van der Waals surface area contributed by atoms with Crippen LogP contribution in [0.25, 0.3) is 0 Å². The van der Waals surface area contributed by atoms with E-state index < -0.39 is 6.04 Å². The third-order valence-electron chi connectivity index (χ3n) is 6.21. The Balaban J connectivity index is 2.12. The number of benzene rings is 1. The molecule has 5 nitrogen and oxygen atoms in total. The van der Waals surface area contributed by atoms with Gasteiger partial charge >= 0.3 is 6.03 Å². The van der Waals surface area contributed by atoms with Crippen LogP contribution in [0, 0.1) is 26.7 Å². The molecule has 0 saturated heterocycles. The molecule has 1 aromatic rings. The molecule has 0 spiro atoms. The molecule has 3 rings (SSSR count). The lowest BCUT2D eigenvalue weighted by atomic mass is 9.89. The molecule has 0 saturated carbocycles. The summed E-state index contributed by atoms with van der Waals surface area (Å²) in [5.41, 5.74) is 5.95. The number of hydrogen-bond acceptors (Lipinski definition) is 2. The van der Waals surface area contributed by atoms with E-state index in [0.29, 0.717) is 24.6 Å². The van der Waals surface area contributed by atoms with Crippen molar-refractivity contribution in [1.82, 2.24) is 15.1 Å². The van der Waals surface area contributed by atoms with Crippen molar-refractivity contribution in [3.05, 3.63) is 58.3 Å². The minimum Gasteiger partial charge on any atom is -0.330 e. The van der Waals surface area contributed by atoms with E-state index in [0.717, 1.165) is 22.4 Å². The van der Waals surface area contributed by atoms with Crippen LogP contribution in [0.4, 0.5) is 4.79 Å². The third kappa shape index (κ3) is 3.23. The molecule has 1 aromatic carbocycles. The van der Waals surface area contributed by atoms with Crippen LogP contribution in [0.15, 0.2) is 36.1 Å². The van der Waals surface area contributed by atoms with Crippen LogP contribution in [0.1, 0.15) is 49.1 Å². The highest BCUT2D eigenvalue weighted by Crippen LogP contribution is 2.39. The lowest BCUT2D eigenvalue weighted by Crippen LogP contribution is -2.47. The van der Waals surface area contributed by atoms with Crippen molar-refractivity contribution in [2.45, 2.75) is 53.6 Å². The Morgan fingerprint density at radius 1 is 1.14 bits per heavy atom. The summed E-state index contributed by atoms with van der Waals surface area (Å²) < 4.78 is 0. The van der Waals surface area contributed by atoms with E-state index in [1.807, 2.05) is 11.8 Å². The summed E-state index contributed by atoms with van der Waals surface area (Å²) in [6, 6.07) is 3.74. The molecule has 0 fully saturated rings. The number of urea groups is 1. The van der Waals surface area contributed by atoms with E-state index in [4.69, 9.17) is 0 Å². The molecule has 5 heteroatoms. The van der Waals surface area contributed by atoms with Crippen LogP contribution in [0.3, 0.4) is 0 Å². The first-order chi connectivity index (χ1) is 13.2. The number of nitrogens with zero attached hydrogens (tertiary/aromatic N) is 2. The molecular formula is C23H31N3O2. The van der Waals surface area contributed by atoms with E-state index in [9.17, 15) is 9.59 Å². The second-order valence-electron chi connectivity index (χ2n) is 8.35. The van der Waals surface area contributed by atoms with Gasteiger partial charge in [-0.2, -0.15) is 0 Å². The van der Waals surface area contributed by atoms with E-state index in [1.165, 1.54) is 5.56 Å². The SMILES string of the molecule is C=CCN1C(=O)N[C@H](c2cc(C)c(C)cc2C)C2=C1CN([C@H](C)C(C)C)C2=O. The van der Waals surface area contributed by atoms with Gasteiger partial charge in [0, 0.05) is 12.6 Å². The van der Waals surface area contributed by atoms with Gasteiger partial charge < -0.3 is 10.2 Å². The molecule has 2 aliphatic heterocycles. The smallest absolute Gasteiger partial charge is 0.322 e. The van der Waals surface area contributed by atoms with Crippen LogP contribution in [0.2, 0.25) is 0 Å². The quantitative estimate of drug-likeness (QED) is 0.784. The summed E-state index contributed by atoms with van der Waals surface area (Å²) >= 11 is 0. The highest BCUT2D eigenvalue weighted by atomic mass is 16.2. The molecule has 3 amide bonds. The predicted molar refractivity (Wildman–Crippen MR) is 112 cm³/mol. The Bertz CT molecular complexity index is 869. The summed E-state index contributed by atoms with van der Waals surface area (Å²) in [7, 11) is 0. The Kier molecular flexibility index (Phi) is 5.37. The fourth-order valence-corrected chi connectivity index (χ4v) is 4.05. The molecule has 0 aromatic heterocycles. The fraction of sp³-hybridized carbons (Fsp3) is 0.478. The molecule has 2 atom stereocenters. The standard InChI is InChI=1S/C23H31N3O2/c1-8-9-25-19-12-26(17(7)13(2)3)22(27)20(19)21(24-23(25)28)18-11-15(5)14(4)10-16(18)6/h8,10-11,13,17,21H,1,9,12H2,2-7H3,(H,24,28)/t17-,21-/m1/s1. The number of amides is 3.